The number of carbonyl (C=O) groups is 1. The van der Waals surface area contributed by atoms with Crippen LogP contribution in [0.1, 0.15) is 19.8 Å². The third-order valence-electron chi connectivity index (χ3n) is 3.70. The first-order valence-corrected chi connectivity index (χ1v) is 9.55. The molecule has 0 spiro atoms. The van der Waals surface area contributed by atoms with Gasteiger partial charge in [-0.1, -0.05) is 24.6 Å². The molecule has 0 saturated carbocycles. The van der Waals surface area contributed by atoms with Gasteiger partial charge in [0.25, 0.3) is 0 Å². The number of carbonyl (C=O) groups excluding carboxylic acids is 1. The molecule has 23 heavy (non-hydrogen) atoms. The number of hydrogen-bond donors (Lipinski definition) is 1. The zero-order valence-electron chi connectivity index (χ0n) is 13.2. The van der Waals surface area contributed by atoms with E-state index in [-0.39, 0.29) is 17.5 Å². The van der Waals surface area contributed by atoms with Crippen molar-refractivity contribution in [1.82, 2.24) is 14.5 Å². The van der Waals surface area contributed by atoms with E-state index >= 15 is 0 Å². The van der Waals surface area contributed by atoms with Gasteiger partial charge in [0.05, 0.1) is 4.90 Å². The molecule has 6 nitrogen and oxygen atoms in total. The van der Waals surface area contributed by atoms with Crippen LogP contribution in [0.5, 0.6) is 0 Å². The number of benzene rings is 1. The van der Waals surface area contributed by atoms with Crippen molar-refractivity contribution in [3.63, 3.8) is 0 Å². The van der Waals surface area contributed by atoms with Gasteiger partial charge in [0.15, 0.2) is 0 Å². The summed E-state index contributed by atoms with van der Waals surface area (Å²) >= 11 is 5.89. The summed E-state index contributed by atoms with van der Waals surface area (Å²) in [5, 5.41) is 3.21. The van der Waals surface area contributed by atoms with Gasteiger partial charge in [0, 0.05) is 37.7 Å². The van der Waals surface area contributed by atoms with Crippen molar-refractivity contribution in [3.05, 3.63) is 29.3 Å². The molecule has 0 atom stereocenters. The molecule has 1 N–H and O–H groups in total. The van der Waals surface area contributed by atoms with Gasteiger partial charge in [-0.3, -0.25) is 0 Å². The van der Waals surface area contributed by atoms with Gasteiger partial charge in [0.2, 0.25) is 10.0 Å². The molecule has 1 aromatic rings. The maximum atomic E-state index is 12.7. The van der Waals surface area contributed by atoms with Gasteiger partial charge in [-0.05, 0) is 31.0 Å². The highest BCUT2D eigenvalue weighted by molar-refractivity contribution is 7.89. The van der Waals surface area contributed by atoms with Crippen molar-refractivity contribution in [2.75, 3.05) is 32.7 Å². The Labute approximate surface area is 142 Å². The lowest BCUT2D eigenvalue weighted by atomic mass is 10.4. The van der Waals surface area contributed by atoms with Gasteiger partial charge < -0.3 is 10.2 Å². The van der Waals surface area contributed by atoms with Crippen molar-refractivity contribution in [3.8, 4) is 0 Å². The Kier molecular flexibility index (Phi) is 6.26. The highest BCUT2D eigenvalue weighted by atomic mass is 35.5. The van der Waals surface area contributed by atoms with E-state index in [1.165, 1.54) is 16.4 Å². The molecular weight excluding hydrogens is 338 g/mol. The fourth-order valence-corrected chi connectivity index (χ4v) is 4.23. The predicted molar refractivity (Wildman–Crippen MR) is 90.1 cm³/mol. The molecule has 2 rings (SSSR count). The van der Waals surface area contributed by atoms with E-state index in [2.05, 4.69) is 5.32 Å². The standard InChI is InChI=1S/C15H22ClN3O3S/c1-2-7-17-15(20)18-8-4-9-19(11-10-18)23(21,22)14-6-3-5-13(16)12-14/h3,5-6,12H,2,4,7-11H2,1H3,(H,17,20). The van der Waals surface area contributed by atoms with E-state index in [0.717, 1.165) is 6.42 Å². The summed E-state index contributed by atoms with van der Waals surface area (Å²) in [6.45, 7) is 4.23. The Morgan fingerprint density at radius 1 is 1.26 bits per heavy atom. The number of halogens is 1. The molecule has 1 aromatic carbocycles. The van der Waals surface area contributed by atoms with Gasteiger partial charge >= 0.3 is 6.03 Å². The zero-order valence-corrected chi connectivity index (χ0v) is 14.7. The summed E-state index contributed by atoms with van der Waals surface area (Å²) in [7, 11) is -3.58. The minimum atomic E-state index is -3.58. The first-order valence-electron chi connectivity index (χ1n) is 7.73. The van der Waals surface area contributed by atoms with Crippen LogP contribution in [0.4, 0.5) is 4.79 Å². The van der Waals surface area contributed by atoms with Crippen LogP contribution < -0.4 is 5.32 Å². The minimum absolute atomic E-state index is 0.131. The number of urea groups is 1. The molecule has 0 bridgehead atoms. The predicted octanol–water partition coefficient (Wildman–Crippen LogP) is 2.16. The maximum absolute atomic E-state index is 12.7. The van der Waals surface area contributed by atoms with Crippen LogP contribution in [-0.2, 0) is 10.0 Å². The first kappa shape index (κ1) is 18.0. The summed E-state index contributed by atoms with van der Waals surface area (Å²) in [5.41, 5.74) is 0. The average molecular weight is 360 g/mol. The van der Waals surface area contributed by atoms with Crippen LogP contribution in [0.2, 0.25) is 5.02 Å². The van der Waals surface area contributed by atoms with Gasteiger partial charge in [-0.25, -0.2) is 13.2 Å². The van der Waals surface area contributed by atoms with Crippen molar-refractivity contribution >= 4 is 27.7 Å². The second kappa shape index (κ2) is 7.99. The molecule has 0 aliphatic carbocycles. The maximum Gasteiger partial charge on any atom is 0.317 e. The number of nitrogens with zero attached hydrogens (tertiary/aromatic N) is 2. The summed E-state index contributed by atoms with van der Waals surface area (Å²) in [5.74, 6) is 0. The molecule has 0 aromatic heterocycles. The zero-order chi connectivity index (χ0) is 16.9. The fraction of sp³-hybridized carbons (Fsp3) is 0.533. The third-order valence-corrected chi connectivity index (χ3v) is 5.83. The fourth-order valence-electron chi connectivity index (χ4n) is 2.46. The first-order chi connectivity index (χ1) is 10.9. The van der Waals surface area contributed by atoms with Crippen LogP contribution in [0.15, 0.2) is 29.2 Å². The van der Waals surface area contributed by atoms with Gasteiger partial charge in [0.1, 0.15) is 0 Å². The number of sulfonamides is 1. The van der Waals surface area contributed by atoms with Crippen molar-refractivity contribution in [1.29, 1.82) is 0 Å². The SMILES string of the molecule is CCCNC(=O)N1CCCN(S(=O)(=O)c2cccc(Cl)c2)CC1. The Balaban J connectivity index is 2.06. The van der Waals surface area contributed by atoms with E-state index in [1.54, 1.807) is 17.0 Å². The highest BCUT2D eigenvalue weighted by Crippen LogP contribution is 2.20. The number of nitrogens with one attached hydrogen (secondary N) is 1. The molecule has 0 unspecified atom stereocenters. The smallest absolute Gasteiger partial charge is 0.317 e. The second-order valence-electron chi connectivity index (χ2n) is 5.43. The normalized spacial score (nSPS) is 16.9. The molecular formula is C15H22ClN3O3S. The quantitative estimate of drug-likeness (QED) is 0.895. The molecule has 1 aliphatic heterocycles. The van der Waals surface area contributed by atoms with Crippen molar-refractivity contribution < 1.29 is 13.2 Å². The molecule has 1 aliphatic rings. The summed E-state index contributed by atoms with van der Waals surface area (Å²) < 4.78 is 26.8. The Morgan fingerprint density at radius 3 is 2.74 bits per heavy atom. The highest BCUT2D eigenvalue weighted by Gasteiger charge is 2.28. The number of amides is 2. The lowest BCUT2D eigenvalue weighted by molar-refractivity contribution is 0.200. The number of hydrogen-bond acceptors (Lipinski definition) is 3. The molecule has 1 saturated heterocycles. The second-order valence-corrected chi connectivity index (χ2v) is 7.81. The van der Waals surface area contributed by atoms with E-state index in [1.807, 2.05) is 6.92 Å². The van der Waals surface area contributed by atoms with Crippen molar-refractivity contribution in [2.45, 2.75) is 24.7 Å². The van der Waals surface area contributed by atoms with Crippen LogP contribution in [0, 0.1) is 0 Å². The third kappa shape index (κ3) is 4.59. The summed E-state index contributed by atoms with van der Waals surface area (Å²) in [6.07, 6.45) is 1.48. The van der Waals surface area contributed by atoms with Crippen molar-refractivity contribution in [2.24, 2.45) is 0 Å². The topological polar surface area (TPSA) is 69.7 Å². The summed E-state index contributed by atoms with van der Waals surface area (Å²) in [6, 6.07) is 6.12. The van der Waals surface area contributed by atoms with E-state index in [9.17, 15) is 13.2 Å². The largest absolute Gasteiger partial charge is 0.338 e. The minimum Gasteiger partial charge on any atom is -0.338 e. The molecule has 1 heterocycles. The van der Waals surface area contributed by atoms with Gasteiger partial charge in [-0.2, -0.15) is 4.31 Å². The van der Waals surface area contributed by atoms with Crippen LogP contribution >= 0.6 is 11.6 Å². The van der Waals surface area contributed by atoms with Crippen LogP contribution in [0.3, 0.4) is 0 Å². The molecule has 8 heteroatoms. The van der Waals surface area contributed by atoms with E-state index < -0.39 is 10.0 Å². The lowest BCUT2D eigenvalue weighted by Gasteiger charge is -2.22. The van der Waals surface area contributed by atoms with Gasteiger partial charge in [-0.15, -0.1) is 0 Å². The number of rotatable bonds is 4. The molecule has 1 fully saturated rings. The van der Waals surface area contributed by atoms with E-state index in [0.29, 0.717) is 37.6 Å². The Bertz CT molecular complexity index is 651. The molecule has 128 valence electrons. The Morgan fingerprint density at radius 2 is 2.04 bits per heavy atom. The Hall–Kier alpha value is -1.31. The van der Waals surface area contributed by atoms with E-state index in [4.69, 9.17) is 11.6 Å². The summed E-state index contributed by atoms with van der Waals surface area (Å²) in [4.78, 5) is 13.9. The average Bonchev–Trinajstić information content (AvgIpc) is 2.79. The molecule has 2 amide bonds. The molecule has 0 radical (unpaired) electrons. The monoisotopic (exact) mass is 359 g/mol. The van der Waals surface area contributed by atoms with Crippen LogP contribution in [0.25, 0.3) is 0 Å². The van der Waals surface area contributed by atoms with Crippen LogP contribution in [-0.4, -0.2) is 56.4 Å². The lowest BCUT2D eigenvalue weighted by Crippen LogP contribution is -2.42.